The SMILES string of the molecule is COC(=O)C[C@H](C(=O)OC)[C@@H](NC(=O)CC(C)C)C(=O)OC. The minimum atomic E-state index is -1.32. The Morgan fingerprint density at radius 2 is 1.41 bits per heavy atom. The smallest absolute Gasteiger partial charge is 0.329 e. The molecule has 0 unspecified atom stereocenters. The molecule has 126 valence electrons. The molecule has 8 nitrogen and oxygen atoms in total. The van der Waals surface area contributed by atoms with Gasteiger partial charge in [0.05, 0.1) is 33.7 Å². The van der Waals surface area contributed by atoms with Gasteiger partial charge in [-0.25, -0.2) is 4.79 Å². The van der Waals surface area contributed by atoms with Crippen LogP contribution in [0.15, 0.2) is 0 Å². The van der Waals surface area contributed by atoms with Crippen molar-refractivity contribution in [2.45, 2.75) is 32.7 Å². The van der Waals surface area contributed by atoms with Crippen molar-refractivity contribution < 1.29 is 33.4 Å². The molecule has 0 fully saturated rings. The third kappa shape index (κ3) is 6.55. The van der Waals surface area contributed by atoms with E-state index in [0.29, 0.717) is 0 Å². The molecule has 0 aromatic heterocycles. The van der Waals surface area contributed by atoms with E-state index in [1.54, 1.807) is 0 Å². The summed E-state index contributed by atoms with van der Waals surface area (Å²) in [7, 11) is 3.40. The molecule has 0 rings (SSSR count). The molecule has 0 aliphatic carbocycles. The first-order chi connectivity index (χ1) is 10.3. The van der Waals surface area contributed by atoms with E-state index in [9.17, 15) is 19.2 Å². The van der Waals surface area contributed by atoms with Crippen LogP contribution in [0.1, 0.15) is 26.7 Å². The van der Waals surface area contributed by atoms with Crippen LogP contribution in [0.5, 0.6) is 0 Å². The molecule has 0 spiro atoms. The number of ether oxygens (including phenoxy) is 3. The Labute approximate surface area is 129 Å². The van der Waals surface area contributed by atoms with E-state index in [-0.39, 0.29) is 12.3 Å². The summed E-state index contributed by atoms with van der Waals surface area (Å²) in [5, 5.41) is 2.42. The van der Waals surface area contributed by atoms with Crippen LogP contribution in [0.4, 0.5) is 0 Å². The highest BCUT2D eigenvalue weighted by atomic mass is 16.5. The van der Waals surface area contributed by atoms with Crippen molar-refractivity contribution in [3.05, 3.63) is 0 Å². The van der Waals surface area contributed by atoms with Crippen molar-refractivity contribution >= 4 is 23.8 Å². The number of hydrogen-bond donors (Lipinski definition) is 1. The van der Waals surface area contributed by atoms with Crippen molar-refractivity contribution in [2.75, 3.05) is 21.3 Å². The molecule has 1 N–H and O–H groups in total. The molecule has 0 aromatic carbocycles. The Morgan fingerprint density at radius 1 is 0.864 bits per heavy atom. The normalized spacial score (nSPS) is 13.0. The largest absolute Gasteiger partial charge is 0.469 e. The van der Waals surface area contributed by atoms with Gasteiger partial charge in [0.25, 0.3) is 0 Å². The van der Waals surface area contributed by atoms with Gasteiger partial charge >= 0.3 is 17.9 Å². The fourth-order valence-corrected chi connectivity index (χ4v) is 1.81. The van der Waals surface area contributed by atoms with Gasteiger partial charge in [-0.1, -0.05) is 13.8 Å². The molecule has 22 heavy (non-hydrogen) atoms. The summed E-state index contributed by atoms with van der Waals surface area (Å²) in [6.07, 6.45) is -0.246. The number of nitrogens with one attached hydrogen (secondary N) is 1. The fourth-order valence-electron chi connectivity index (χ4n) is 1.81. The Hall–Kier alpha value is -2.12. The molecule has 0 saturated carbocycles. The van der Waals surface area contributed by atoms with Crippen molar-refractivity contribution in [2.24, 2.45) is 11.8 Å². The van der Waals surface area contributed by atoms with Crippen LogP contribution in [-0.4, -0.2) is 51.2 Å². The van der Waals surface area contributed by atoms with Gasteiger partial charge < -0.3 is 19.5 Å². The maximum Gasteiger partial charge on any atom is 0.329 e. The predicted molar refractivity (Wildman–Crippen MR) is 75.5 cm³/mol. The van der Waals surface area contributed by atoms with Crippen molar-refractivity contribution in [1.82, 2.24) is 5.32 Å². The van der Waals surface area contributed by atoms with E-state index < -0.39 is 42.2 Å². The first kappa shape index (κ1) is 19.9. The summed E-state index contributed by atoms with van der Waals surface area (Å²) < 4.78 is 13.7. The van der Waals surface area contributed by atoms with Crippen molar-refractivity contribution in [3.63, 3.8) is 0 Å². The number of carbonyl (C=O) groups excluding carboxylic acids is 4. The van der Waals surface area contributed by atoms with Gasteiger partial charge in [0.2, 0.25) is 5.91 Å². The zero-order valence-electron chi connectivity index (χ0n) is 13.5. The first-order valence-corrected chi connectivity index (χ1v) is 6.78. The van der Waals surface area contributed by atoms with Gasteiger partial charge in [0, 0.05) is 6.42 Å². The third-order valence-electron chi connectivity index (χ3n) is 2.89. The molecule has 0 aliphatic rings. The number of methoxy groups -OCH3 is 3. The lowest BCUT2D eigenvalue weighted by Crippen LogP contribution is -2.50. The van der Waals surface area contributed by atoms with E-state index in [0.717, 1.165) is 21.3 Å². The van der Waals surface area contributed by atoms with Crippen LogP contribution in [0.2, 0.25) is 0 Å². The molecular weight excluding hydrogens is 294 g/mol. The van der Waals surface area contributed by atoms with Gasteiger partial charge in [-0.15, -0.1) is 0 Å². The van der Waals surface area contributed by atoms with Crippen LogP contribution >= 0.6 is 0 Å². The van der Waals surface area contributed by atoms with E-state index in [1.807, 2.05) is 13.8 Å². The Bertz CT molecular complexity index is 419. The number of carbonyl (C=O) groups is 4. The number of rotatable bonds is 8. The van der Waals surface area contributed by atoms with Crippen LogP contribution in [-0.2, 0) is 33.4 Å². The average Bonchev–Trinajstić information content (AvgIpc) is 2.47. The van der Waals surface area contributed by atoms with Gasteiger partial charge in [-0.3, -0.25) is 14.4 Å². The van der Waals surface area contributed by atoms with Crippen molar-refractivity contribution in [3.8, 4) is 0 Å². The van der Waals surface area contributed by atoms with Crippen LogP contribution in [0.25, 0.3) is 0 Å². The molecule has 2 atom stereocenters. The second-order valence-electron chi connectivity index (χ2n) is 5.08. The standard InChI is InChI=1S/C14H23NO7/c1-8(2)6-10(16)15-12(14(19)22-5)9(13(18)21-4)7-11(17)20-3/h8-9,12H,6-7H2,1-5H3,(H,15,16)/t9-,12+/m0/s1. The van der Waals surface area contributed by atoms with E-state index in [2.05, 4.69) is 19.5 Å². The second kappa shape index (κ2) is 9.75. The van der Waals surface area contributed by atoms with Gasteiger partial charge in [0.1, 0.15) is 6.04 Å². The minimum Gasteiger partial charge on any atom is -0.469 e. The van der Waals surface area contributed by atoms with Crippen LogP contribution in [0, 0.1) is 11.8 Å². The molecule has 0 bridgehead atoms. The lowest BCUT2D eigenvalue weighted by Gasteiger charge is -2.23. The van der Waals surface area contributed by atoms with Crippen LogP contribution < -0.4 is 5.32 Å². The number of hydrogen-bond acceptors (Lipinski definition) is 7. The molecule has 0 saturated heterocycles. The zero-order valence-corrected chi connectivity index (χ0v) is 13.5. The lowest BCUT2D eigenvalue weighted by molar-refractivity contribution is -0.159. The first-order valence-electron chi connectivity index (χ1n) is 6.78. The van der Waals surface area contributed by atoms with E-state index >= 15 is 0 Å². The molecule has 0 radical (unpaired) electrons. The zero-order chi connectivity index (χ0) is 17.3. The molecule has 1 amide bonds. The predicted octanol–water partition coefficient (Wildman–Crippen LogP) is 0.0426. The Morgan fingerprint density at radius 3 is 1.82 bits per heavy atom. The second-order valence-corrected chi connectivity index (χ2v) is 5.08. The summed E-state index contributed by atoms with van der Waals surface area (Å²) in [4.78, 5) is 47.0. The summed E-state index contributed by atoms with van der Waals surface area (Å²) in [5.41, 5.74) is 0. The molecule has 0 aromatic rings. The van der Waals surface area contributed by atoms with Gasteiger partial charge in [-0.05, 0) is 5.92 Å². The highest BCUT2D eigenvalue weighted by molar-refractivity contribution is 5.91. The van der Waals surface area contributed by atoms with Crippen molar-refractivity contribution in [1.29, 1.82) is 0 Å². The fraction of sp³-hybridized carbons (Fsp3) is 0.714. The molecule has 8 heteroatoms. The Kier molecular flexibility index (Phi) is 8.81. The van der Waals surface area contributed by atoms with E-state index in [1.165, 1.54) is 0 Å². The summed E-state index contributed by atoms with van der Waals surface area (Å²) in [6, 6.07) is -1.32. The molecular formula is C14H23NO7. The number of esters is 3. The third-order valence-corrected chi connectivity index (χ3v) is 2.89. The monoisotopic (exact) mass is 317 g/mol. The minimum absolute atomic E-state index is 0.0653. The highest BCUT2D eigenvalue weighted by Gasteiger charge is 2.38. The molecule has 0 aliphatic heterocycles. The summed E-state index contributed by atoms with van der Waals surface area (Å²) >= 11 is 0. The Balaban J connectivity index is 5.29. The van der Waals surface area contributed by atoms with Gasteiger partial charge in [-0.2, -0.15) is 0 Å². The summed E-state index contributed by atoms with van der Waals surface area (Å²) in [6.45, 7) is 3.66. The molecule has 0 heterocycles. The number of amides is 1. The average molecular weight is 317 g/mol. The highest BCUT2D eigenvalue weighted by Crippen LogP contribution is 2.15. The topological polar surface area (TPSA) is 108 Å². The maximum atomic E-state index is 11.9. The maximum absolute atomic E-state index is 11.9. The van der Waals surface area contributed by atoms with Crippen LogP contribution in [0.3, 0.4) is 0 Å². The quantitative estimate of drug-likeness (QED) is 0.497. The van der Waals surface area contributed by atoms with E-state index in [4.69, 9.17) is 0 Å². The van der Waals surface area contributed by atoms with Gasteiger partial charge in [0.15, 0.2) is 0 Å². The lowest BCUT2D eigenvalue weighted by atomic mass is 9.95. The summed E-state index contributed by atoms with van der Waals surface area (Å²) in [5.74, 6) is -3.94.